The molecule has 1 heterocycles. The Hall–Kier alpha value is -3.30. The molecular weight excluding hydrogens is 504 g/mol. The van der Waals surface area contributed by atoms with Crippen molar-refractivity contribution in [2.45, 2.75) is 45.8 Å². The summed E-state index contributed by atoms with van der Waals surface area (Å²) in [5.41, 5.74) is 2.81. The number of carbonyl (C=O) groups excluding carboxylic acids is 1. The van der Waals surface area contributed by atoms with Gasteiger partial charge in [0.25, 0.3) is 5.91 Å². The number of fused-ring (bicyclic) bond motifs is 1. The van der Waals surface area contributed by atoms with E-state index in [1.165, 1.54) is 0 Å². The SMILES string of the molecule is CC.N#Cc1ccc(OCc2ccccc2)c(C2Oc3ccccc3N(CCCCCBr)C2=O)c1. The number of halogens is 1. The van der Waals surface area contributed by atoms with E-state index >= 15 is 0 Å². The first-order chi connectivity index (χ1) is 17.2. The highest BCUT2D eigenvalue weighted by atomic mass is 79.9. The maximum Gasteiger partial charge on any atom is 0.273 e. The lowest BCUT2D eigenvalue weighted by Crippen LogP contribution is -2.41. The molecule has 0 N–H and O–H groups in total. The van der Waals surface area contributed by atoms with Gasteiger partial charge >= 0.3 is 0 Å². The third-order valence-corrected chi connectivity index (χ3v) is 6.13. The van der Waals surface area contributed by atoms with Crippen molar-refractivity contribution in [1.82, 2.24) is 0 Å². The Morgan fingerprint density at radius 1 is 1.00 bits per heavy atom. The van der Waals surface area contributed by atoms with Crippen molar-refractivity contribution in [3.63, 3.8) is 0 Å². The third-order valence-electron chi connectivity index (χ3n) is 5.57. The number of nitriles is 1. The van der Waals surface area contributed by atoms with E-state index in [2.05, 4.69) is 22.0 Å². The van der Waals surface area contributed by atoms with Crippen molar-refractivity contribution in [2.24, 2.45) is 0 Å². The molecule has 182 valence electrons. The summed E-state index contributed by atoms with van der Waals surface area (Å²) in [6, 6.07) is 24.7. The van der Waals surface area contributed by atoms with Crippen LogP contribution in [0.3, 0.4) is 0 Å². The van der Waals surface area contributed by atoms with Gasteiger partial charge in [0.2, 0.25) is 6.10 Å². The van der Waals surface area contributed by atoms with E-state index in [1.54, 1.807) is 23.1 Å². The third kappa shape index (κ3) is 6.64. The maximum absolute atomic E-state index is 13.6. The van der Waals surface area contributed by atoms with Crippen molar-refractivity contribution in [2.75, 3.05) is 16.8 Å². The van der Waals surface area contributed by atoms with Crippen LogP contribution < -0.4 is 14.4 Å². The fourth-order valence-corrected chi connectivity index (χ4v) is 4.27. The number of para-hydroxylation sites is 2. The number of hydrogen-bond donors (Lipinski definition) is 0. The van der Waals surface area contributed by atoms with Crippen LogP contribution in [-0.4, -0.2) is 17.8 Å². The molecule has 0 aliphatic carbocycles. The van der Waals surface area contributed by atoms with Crippen molar-refractivity contribution >= 4 is 27.5 Å². The van der Waals surface area contributed by atoms with Crippen molar-refractivity contribution < 1.29 is 14.3 Å². The lowest BCUT2D eigenvalue weighted by molar-refractivity contribution is -0.126. The molecule has 1 atom stereocenters. The number of alkyl halides is 1. The van der Waals surface area contributed by atoms with Crippen LogP contribution in [0.25, 0.3) is 0 Å². The lowest BCUT2D eigenvalue weighted by Gasteiger charge is -2.35. The summed E-state index contributed by atoms with van der Waals surface area (Å²) >= 11 is 3.47. The molecule has 0 aromatic heterocycles. The number of anilines is 1. The van der Waals surface area contributed by atoms with Gasteiger partial charge in [-0.1, -0.05) is 78.7 Å². The highest BCUT2D eigenvalue weighted by Crippen LogP contribution is 2.41. The molecule has 0 saturated carbocycles. The molecule has 3 aromatic rings. The van der Waals surface area contributed by atoms with Crippen molar-refractivity contribution in [1.29, 1.82) is 5.26 Å². The number of carbonyl (C=O) groups is 1. The Bertz CT molecular complexity index is 1140. The van der Waals surface area contributed by atoms with E-state index < -0.39 is 6.10 Å². The Kier molecular flexibility index (Phi) is 10.2. The summed E-state index contributed by atoms with van der Waals surface area (Å²) in [6.45, 7) is 4.97. The van der Waals surface area contributed by atoms with Gasteiger partial charge in [0.15, 0.2) is 0 Å². The number of amides is 1. The number of hydrogen-bond acceptors (Lipinski definition) is 4. The molecule has 4 rings (SSSR count). The number of rotatable bonds is 9. The Morgan fingerprint density at radius 2 is 1.74 bits per heavy atom. The first-order valence-electron chi connectivity index (χ1n) is 12.0. The van der Waals surface area contributed by atoms with E-state index in [0.717, 1.165) is 35.8 Å². The predicted octanol–water partition coefficient (Wildman–Crippen LogP) is 7.20. The van der Waals surface area contributed by atoms with E-state index in [4.69, 9.17) is 9.47 Å². The minimum absolute atomic E-state index is 0.146. The zero-order valence-electron chi connectivity index (χ0n) is 20.2. The smallest absolute Gasteiger partial charge is 0.273 e. The average Bonchev–Trinajstić information content (AvgIpc) is 2.92. The lowest BCUT2D eigenvalue weighted by atomic mass is 10.0. The largest absolute Gasteiger partial charge is 0.488 e. The quantitative estimate of drug-likeness (QED) is 0.215. The van der Waals surface area contributed by atoms with Gasteiger partial charge in [-0.2, -0.15) is 5.26 Å². The second-order valence-corrected chi connectivity index (χ2v) is 8.64. The van der Waals surface area contributed by atoms with E-state index in [0.29, 0.717) is 35.8 Å². The van der Waals surface area contributed by atoms with E-state index in [-0.39, 0.29) is 5.91 Å². The summed E-state index contributed by atoms with van der Waals surface area (Å²) in [7, 11) is 0. The van der Waals surface area contributed by atoms with Gasteiger partial charge in [0, 0.05) is 17.4 Å². The minimum Gasteiger partial charge on any atom is -0.488 e. The molecule has 1 unspecified atom stereocenters. The number of nitrogens with zero attached hydrogens (tertiary/aromatic N) is 2. The summed E-state index contributed by atoms with van der Waals surface area (Å²) in [6.07, 6.45) is 2.10. The Morgan fingerprint density at radius 3 is 2.49 bits per heavy atom. The van der Waals surface area contributed by atoms with Crippen LogP contribution >= 0.6 is 15.9 Å². The number of benzene rings is 3. The summed E-state index contributed by atoms with van der Waals surface area (Å²) in [4.78, 5) is 15.4. The zero-order chi connectivity index (χ0) is 25.0. The van der Waals surface area contributed by atoms with E-state index in [1.807, 2.05) is 68.4 Å². The molecule has 5 nitrogen and oxygen atoms in total. The molecule has 35 heavy (non-hydrogen) atoms. The predicted molar refractivity (Wildman–Crippen MR) is 143 cm³/mol. The zero-order valence-corrected chi connectivity index (χ0v) is 21.8. The molecule has 1 aliphatic rings. The second-order valence-electron chi connectivity index (χ2n) is 7.84. The van der Waals surface area contributed by atoms with Crippen LogP contribution in [0.1, 0.15) is 55.9 Å². The van der Waals surface area contributed by atoms with Crippen LogP contribution in [0.5, 0.6) is 11.5 Å². The average molecular weight is 535 g/mol. The van der Waals surface area contributed by atoms with E-state index in [9.17, 15) is 10.1 Å². The van der Waals surface area contributed by atoms with Crippen LogP contribution in [0.2, 0.25) is 0 Å². The number of unbranched alkanes of at least 4 members (excludes halogenated alkanes) is 2. The topological polar surface area (TPSA) is 62.6 Å². The molecule has 0 spiro atoms. The second kappa shape index (κ2) is 13.6. The highest BCUT2D eigenvalue weighted by molar-refractivity contribution is 9.09. The van der Waals surface area contributed by atoms with Crippen LogP contribution in [0, 0.1) is 11.3 Å². The highest BCUT2D eigenvalue weighted by Gasteiger charge is 2.37. The monoisotopic (exact) mass is 534 g/mol. The van der Waals surface area contributed by atoms with Crippen LogP contribution in [-0.2, 0) is 11.4 Å². The Balaban J connectivity index is 0.00000167. The first kappa shape index (κ1) is 26.3. The van der Waals surface area contributed by atoms with Gasteiger partial charge in [0.1, 0.15) is 18.1 Å². The van der Waals surface area contributed by atoms with Gasteiger partial charge < -0.3 is 14.4 Å². The molecule has 1 aliphatic heterocycles. The van der Waals surface area contributed by atoms with Crippen LogP contribution in [0.4, 0.5) is 5.69 Å². The summed E-state index contributed by atoms with van der Waals surface area (Å²) in [5, 5.41) is 10.4. The first-order valence-corrected chi connectivity index (χ1v) is 13.2. The molecule has 3 aromatic carbocycles. The molecule has 6 heteroatoms. The fourth-order valence-electron chi connectivity index (χ4n) is 3.88. The van der Waals surface area contributed by atoms with Crippen molar-refractivity contribution in [3.05, 3.63) is 89.5 Å². The fraction of sp³-hybridized carbons (Fsp3) is 0.310. The van der Waals surface area contributed by atoms with Crippen molar-refractivity contribution in [3.8, 4) is 17.6 Å². The van der Waals surface area contributed by atoms with Gasteiger partial charge in [-0.05, 0) is 48.7 Å². The molecule has 1 amide bonds. The number of ether oxygens (including phenoxy) is 2. The van der Waals surface area contributed by atoms with Gasteiger partial charge in [-0.3, -0.25) is 4.79 Å². The molecule has 0 radical (unpaired) electrons. The molecule has 0 bridgehead atoms. The maximum atomic E-state index is 13.6. The molecule has 0 saturated heterocycles. The summed E-state index contributed by atoms with van der Waals surface area (Å²) < 4.78 is 12.3. The molecule has 0 fully saturated rings. The van der Waals surface area contributed by atoms with Gasteiger partial charge in [0.05, 0.1) is 17.3 Å². The normalized spacial score (nSPS) is 14.2. The standard InChI is InChI=1S/C27H25BrN2O3.C2H6/c28-15-7-2-8-16-30-23-11-5-6-12-25(23)33-26(27(30)31)22-17-21(18-29)13-14-24(22)32-19-20-9-3-1-4-10-20;1-2/h1,3-6,9-14,17,26H,2,7-8,15-16,19H2;1-2H3. The molecular formula is C29H31BrN2O3. The van der Waals surface area contributed by atoms with Gasteiger partial charge in [-0.15, -0.1) is 0 Å². The summed E-state index contributed by atoms with van der Waals surface area (Å²) in [5.74, 6) is 1.04. The van der Waals surface area contributed by atoms with Gasteiger partial charge in [-0.25, -0.2) is 0 Å². The van der Waals surface area contributed by atoms with Crippen LogP contribution in [0.15, 0.2) is 72.8 Å². The minimum atomic E-state index is -0.879. The Labute approximate surface area is 216 Å².